The van der Waals surface area contributed by atoms with Crippen LogP contribution in [0, 0.1) is 6.92 Å². The number of hydrogen-bond acceptors (Lipinski definition) is 3. The van der Waals surface area contributed by atoms with Crippen LogP contribution in [-0.4, -0.2) is 18.1 Å². The SMILES string of the molecule is Cc1cc(Br)cc(NS(=O)(=O)c2cc(CO)n(C)c2)c1. The molecule has 1 aromatic heterocycles. The van der Waals surface area contributed by atoms with E-state index >= 15 is 0 Å². The Bertz CT molecular complexity index is 718. The van der Waals surface area contributed by atoms with Gasteiger partial charge in [0.15, 0.2) is 0 Å². The van der Waals surface area contributed by atoms with Gasteiger partial charge in [0.25, 0.3) is 10.0 Å². The number of nitrogens with one attached hydrogen (secondary N) is 1. The van der Waals surface area contributed by atoms with Gasteiger partial charge in [-0.1, -0.05) is 15.9 Å². The summed E-state index contributed by atoms with van der Waals surface area (Å²) < 4.78 is 29.5. The zero-order chi connectivity index (χ0) is 14.9. The molecule has 5 nitrogen and oxygen atoms in total. The Kier molecular flexibility index (Phi) is 4.22. The van der Waals surface area contributed by atoms with Crippen molar-refractivity contribution in [2.24, 2.45) is 7.05 Å². The molecule has 0 aliphatic rings. The zero-order valence-corrected chi connectivity index (χ0v) is 13.5. The first-order valence-electron chi connectivity index (χ1n) is 5.88. The minimum absolute atomic E-state index is 0.127. The lowest BCUT2D eigenvalue weighted by molar-refractivity contribution is 0.272. The van der Waals surface area contributed by atoms with Gasteiger partial charge in [-0.05, 0) is 36.8 Å². The van der Waals surface area contributed by atoms with E-state index in [0.29, 0.717) is 11.4 Å². The fourth-order valence-corrected chi connectivity index (χ4v) is 3.63. The van der Waals surface area contributed by atoms with E-state index in [1.807, 2.05) is 13.0 Å². The second kappa shape index (κ2) is 5.59. The number of sulfonamides is 1. The second-order valence-electron chi connectivity index (χ2n) is 4.56. The van der Waals surface area contributed by atoms with Crippen molar-refractivity contribution >= 4 is 31.6 Å². The average Bonchev–Trinajstić information content (AvgIpc) is 2.69. The molecule has 1 heterocycles. The van der Waals surface area contributed by atoms with Gasteiger partial charge in [0.05, 0.1) is 12.3 Å². The summed E-state index contributed by atoms with van der Waals surface area (Å²) in [5, 5.41) is 9.12. The van der Waals surface area contributed by atoms with Crippen molar-refractivity contribution in [1.29, 1.82) is 0 Å². The third kappa shape index (κ3) is 3.23. The minimum Gasteiger partial charge on any atom is -0.390 e. The third-order valence-corrected chi connectivity index (χ3v) is 4.66. The molecule has 0 aliphatic carbocycles. The number of aliphatic hydroxyl groups is 1. The van der Waals surface area contributed by atoms with Crippen LogP contribution in [0.5, 0.6) is 0 Å². The van der Waals surface area contributed by atoms with E-state index < -0.39 is 10.0 Å². The summed E-state index contributed by atoms with van der Waals surface area (Å²) in [6.45, 7) is 1.68. The summed E-state index contributed by atoms with van der Waals surface area (Å²) in [5.41, 5.74) is 1.98. The van der Waals surface area contributed by atoms with Crippen LogP contribution in [0.3, 0.4) is 0 Å². The predicted molar refractivity (Wildman–Crippen MR) is 81.0 cm³/mol. The molecule has 0 saturated carbocycles. The molecule has 0 unspecified atom stereocenters. The van der Waals surface area contributed by atoms with Crippen molar-refractivity contribution in [2.45, 2.75) is 18.4 Å². The Morgan fingerprint density at radius 3 is 2.55 bits per heavy atom. The maximum absolute atomic E-state index is 12.3. The fraction of sp³-hybridized carbons (Fsp3) is 0.231. The van der Waals surface area contributed by atoms with Gasteiger partial charge in [0.1, 0.15) is 4.90 Å². The van der Waals surface area contributed by atoms with E-state index in [-0.39, 0.29) is 11.5 Å². The second-order valence-corrected chi connectivity index (χ2v) is 7.16. The van der Waals surface area contributed by atoms with E-state index in [2.05, 4.69) is 20.7 Å². The van der Waals surface area contributed by atoms with Gasteiger partial charge in [0.2, 0.25) is 0 Å². The molecular weight excluding hydrogens is 344 g/mol. The number of rotatable bonds is 4. The molecule has 108 valence electrons. The quantitative estimate of drug-likeness (QED) is 0.881. The highest BCUT2D eigenvalue weighted by atomic mass is 79.9. The van der Waals surface area contributed by atoms with Crippen LogP contribution < -0.4 is 4.72 Å². The lowest BCUT2D eigenvalue weighted by Gasteiger charge is -2.08. The van der Waals surface area contributed by atoms with Crippen LogP contribution in [0.15, 0.2) is 39.8 Å². The molecule has 0 spiro atoms. The summed E-state index contributed by atoms with van der Waals surface area (Å²) in [6, 6.07) is 6.79. The average molecular weight is 359 g/mol. The van der Waals surface area contributed by atoms with Crippen LogP contribution in [0.1, 0.15) is 11.3 Å². The van der Waals surface area contributed by atoms with Crippen molar-refractivity contribution in [2.75, 3.05) is 4.72 Å². The maximum Gasteiger partial charge on any atom is 0.263 e. The highest BCUT2D eigenvalue weighted by Crippen LogP contribution is 2.23. The van der Waals surface area contributed by atoms with Crippen molar-refractivity contribution in [1.82, 2.24) is 4.57 Å². The van der Waals surface area contributed by atoms with Gasteiger partial charge in [-0.2, -0.15) is 0 Å². The first kappa shape index (κ1) is 15.1. The van der Waals surface area contributed by atoms with Crippen LogP contribution in [0.4, 0.5) is 5.69 Å². The van der Waals surface area contributed by atoms with E-state index in [4.69, 9.17) is 5.11 Å². The highest BCUT2D eigenvalue weighted by molar-refractivity contribution is 9.10. The van der Waals surface area contributed by atoms with E-state index in [9.17, 15) is 8.42 Å². The molecule has 0 amide bonds. The Morgan fingerprint density at radius 1 is 1.30 bits per heavy atom. The molecule has 20 heavy (non-hydrogen) atoms. The number of anilines is 1. The van der Waals surface area contributed by atoms with E-state index in [1.54, 1.807) is 23.7 Å². The molecule has 0 atom stereocenters. The summed E-state index contributed by atoms with van der Waals surface area (Å²) in [6.07, 6.45) is 1.47. The summed E-state index contributed by atoms with van der Waals surface area (Å²) in [5.74, 6) is 0. The van der Waals surface area contributed by atoms with Crippen LogP contribution >= 0.6 is 15.9 Å². The smallest absolute Gasteiger partial charge is 0.263 e. The number of nitrogens with zero attached hydrogens (tertiary/aromatic N) is 1. The normalized spacial score (nSPS) is 11.6. The minimum atomic E-state index is -3.66. The van der Waals surface area contributed by atoms with Crippen LogP contribution in [0.25, 0.3) is 0 Å². The number of aromatic nitrogens is 1. The first-order chi connectivity index (χ1) is 9.31. The number of aliphatic hydroxyl groups excluding tert-OH is 1. The zero-order valence-electron chi connectivity index (χ0n) is 11.1. The molecule has 0 radical (unpaired) electrons. The standard InChI is InChI=1S/C13H15BrN2O3S/c1-9-3-10(14)5-11(4-9)15-20(18,19)13-6-12(8-17)16(2)7-13/h3-7,15,17H,8H2,1-2H3. The van der Waals surface area contributed by atoms with Crippen molar-refractivity contribution in [3.8, 4) is 0 Å². The lowest BCUT2D eigenvalue weighted by Crippen LogP contribution is -2.12. The molecule has 2 N–H and O–H groups in total. The molecule has 0 aliphatic heterocycles. The molecule has 0 fully saturated rings. The Labute approximate surface area is 126 Å². The summed E-state index contributed by atoms with van der Waals surface area (Å²) in [4.78, 5) is 0.127. The molecule has 2 aromatic rings. The molecule has 0 bridgehead atoms. The predicted octanol–water partition coefficient (Wildman–Crippen LogP) is 2.39. The van der Waals surface area contributed by atoms with Crippen molar-refractivity contribution in [3.63, 3.8) is 0 Å². The highest BCUT2D eigenvalue weighted by Gasteiger charge is 2.17. The van der Waals surface area contributed by atoms with E-state index in [0.717, 1.165) is 10.0 Å². The first-order valence-corrected chi connectivity index (χ1v) is 8.15. The fourth-order valence-electron chi connectivity index (χ4n) is 1.89. The molecule has 0 saturated heterocycles. The maximum atomic E-state index is 12.3. The van der Waals surface area contributed by atoms with Crippen LogP contribution in [-0.2, 0) is 23.7 Å². The Morgan fingerprint density at radius 2 is 2.00 bits per heavy atom. The molecule has 1 aromatic carbocycles. The Hall–Kier alpha value is -1.31. The van der Waals surface area contributed by atoms with Crippen molar-refractivity contribution < 1.29 is 13.5 Å². The molecule has 2 rings (SSSR count). The summed E-state index contributed by atoms with van der Waals surface area (Å²) >= 11 is 3.33. The molecular formula is C13H15BrN2O3S. The Balaban J connectivity index is 2.35. The van der Waals surface area contributed by atoms with Gasteiger partial charge >= 0.3 is 0 Å². The van der Waals surface area contributed by atoms with Gasteiger partial charge in [-0.15, -0.1) is 0 Å². The monoisotopic (exact) mass is 358 g/mol. The van der Waals surface area contributed by atoms with E-state index in [1.165, 1.54) is 12.3 Å². The van der Waals surface area contributed by atoms with Gasteiger partial charge in [-0.3, -0.25) is 4.72 Å². The van der Waals surface area contributed by atoms with Crippen LogP contribution in [0.2, 0.25) is 0 Å². The van der Waals surface area contributed by atoms with Gasteiger partial charge in [0, 0.05) is 23.4 Å². The van der Waals surface area contributed by atoms with Gasteiger partial charge < -0.3 is 9.67 Å². The third-order valence-electron chi connectivity index (χ3n) is 2.85. The number of aryl methyl sites for hydroxylation is 2. The topological polar surface area (TPSA) is 71.3 Å². The van der Waals surface area contributed by atoms with Gasteiger partial charge in [-0.25, -0.2) is 8.42 Å². The largest absolute Gasteiger partial charge is 0.390 e. The number of hydrogen-bond donors (Lipinski definition) is 2. The van der Waals surface area contributed by atoms with Crippen molar-refractivity contribution in [3.05, 3.63) is 46.2 Å². The molecule has 7 heteroatoms. The number of benzene rings is 1. The number of halogens is 1. The lowest BCUT2D eigenvalue weighted by atomic mass is 10.2. The summed E-state index contributed by atoms with van der Waals surface area (Å²) in [7, 11) is -1.97.